The van der Waals surface area contributed by atoms with Gasteiger partial charge in [0.25, 0.3) is 0 Å². The van der Waals surface area contributed by atoms with Gasteiger partial charge in [0.15, 0.2) is 5.84 Å². The van der Waals surface area contributed by atoms with Gasteiger partial charge in [0.1, 0.15) is 23.2 Å². The number of benzene rings is 11. The first kappa shape index (κ1) is 38.6. The third kappa shape index (κ3) is 6.51. The Hall–Kier alpha value is -8.64. The van der Waals surface area contributed by atoms with Crippen LogP contribution in [0.1, 0.15) is 22.9 Å². The number of hydrogen-bond acceptors (Lipinski definition) is 5. The fraction of sp³-hybridized carbons (Fsp3) is 0.0159. The minimum absolute atomic E-state index is 0.337. The molecule has 0 spiro atoms. The average molecular weight is 886 g/mol. The van der Waals surface area contributed by atoms with Crippen molar-refractivity contribution in [3.8, 4) is 33.4 Å². The molecular weight excluding hydrogens is 847 g/mol. The van der Waals surface area contributed by atoms with Crippen molar-refractivity contribution in [2.24, 2.45) is 9.98 Å². The zero-order valence-electron chi connectivity index (χ0n) is 36.7. The van der Waals surface area contributed by atoms with Gasteiger partial charge in [0.05, 0.1) is 0 Å². The Morgan fingerprint density at radius 1 is 0.382 bits per heavy atom. The quantitative estimate of drug-likeness (QED) is 0.181. The minimum Gasteiger partial charge on any atom is -0.456 e. The van der Waals surface area contributed by atoms with Crippen LogP contribution in [0.5, 0.6) is 0 Å². The van der Waals surface area contributed by atoms with E-state index in [1.807, 2.05) is 11.3 Å². The molecule has 318 valence electrons. The number of furan rings is 1. The number of aliphatic imine (C=N–C) groups is 2. The lowest BCUT2D eigenvalue weighted by molar-refractivity contribution is 0.669. The Morgan fingerprint density at radius 3 is 1.75 bits per heavy atom. The summed E-state index contributed by atoms with van der Waals surface area (Å²) in [6.45, 7) is 0. The lowest BCUT2D eigenvalue weighted by atomic mass is 9.94. The molecule has 4 nitrogen and oxygen atoms in total. The molecule has 0 bridgehead atoms. The normalized spacial score (nSPS) is 14.0. The maximum absolute atomic E-state index is 6.53. The number of hydrogen-bond donors (Lipinski definition) is 1. The topological polar surface area (TPSA) is 49.9 Å². The van der Waals surface area contributed by atoms with Gasteiger partial charge >= 0.3 is 0 Å². The summed E-state index contributed by atoms with van der Waals surface area (Å²) in [6, 6.07) is 80.7. The minimum atomic E-state index is -0.337. The van der Waals surface area contributed by atoms with E-state index in [1.54, 1.807) is 0 Å². The fourth-order valence-electron chi connectivity index (χ4n) is 10.3. The maximum Gasteiger partial charge on any atom is 0.159 e. The average Bonchev–Trinajstić information content (AvgIpc) is 3.99. The number of fused-ring (bicyclic) bond motifs is 9. The second kappa shape index (κ2) is 15.5. The lowest BCUT2D eigenvalue weighted by Gasteiger charge is -2.24. The van der Waals surface area contributed by atoms with Gasteiger partial charge in [-0.1, -0.05) is 170 Å². The largest absolute Gasteiger partial charge is 0.456 e. The summed E-state index contributed by atoms with van der Waals surface area (Å²) in [5.41, 5.74) is 11.9. The Morgan fingerprint density at radius 2 is 0.941 bits per heavy atom. The van der Waals surface area contributed by atoms with Gasteiger partial charge in [0, 0.05) is 42.1 Å². The van der Waals surface area contributed by atoms with E-state index in [-0.39, 0.29) is 6.17 Å². The molecule has 0 saturated heterocycles. The van der Waals surface area contributed by atoms with Crippen LogP contribution in [0.3, 0.4) is 0 Å². The van der Waals surface area contributed by atoms with Crippen molar-refractivity contribution in [2.45, 2.75) is 6.17 Å². The van der Waals surface area contributed by atoms with E-state index in [0.29, 0.717) is 5.84 Å². The number of nitrogens with zero attached hydrogens (tertiary/aromatic N) is 2. The van der Waals surface area contributed by atoms with Gasteiger partial charge in [-0.25, -0.2) is 9.98 Å². The molecule has 0 radical (unpaired) electrons. The summed E-state index contributed by atoms with van der Waals surface area (Å²) in [4.78, 5) is 10.5. The molecule has 11 aromatic carbocycles. The number of nitrogens with one attached hydrogen (secondary N) is 1. The van der Waals surface area contributed by atoms with Gasteiger partial charge < -0.3 is 9.73 Å². The lowest BCUT2D eigenvalue weighted by Crippen LogP contribution is -2.33. The van der Waals surface area contributed by atoms with Crippen molar-refractivity contribution >= 4 is 97.4 Å². The first-order valence-electron chi connectivity index (χ1n) is 23.1. The number of thiophene rings is 1. The van der Waals surface area contributed by atoms with Crippen LogP contribution in [-0.2, 0) is 0 Å². The van der Waals surface area contributed by atoms with Crippen LogP contribution in [0, 0.1) is 0 Å². The highest BCUT2D eigenvalue weighted by Crippen LogP contribution is 2.43. The van der Waals surface area contributed by atoms with E-state index in [9.17, 15) is 0 Å². The van der Waals surface area contributed by atoms with Gasteiger partial charge in [0.2, 0.25) is 0 Å². The molecule has 0 saturated carbocycles. The highest BCUT2D eigenvalue weighted by molar-refractivity contribution is 7.25. The Balaban J connectivity index is 0.835. The number of amidine groups is 2. The molecule has 5 heteroatoms. The summed E-state index contributed by atoms with van der Waals surface area (Å²) in [5, 5.41) is 15.6. The molecule has 1 atom stereocenters. The molecule has 0 aliphatic carbocycles. The van der Waals surface area contributed by atoms with Crippen LogP contribution in [-0.4, -0.2) is 11.7 Å². The molecule has 3 heterocycles. The Kier molecular flexibility index (Phi) is 8.79. The SMILES string of the molecule is c1ccc2cc(C3=NC(c4ccc5cc(-c6cccc7oc8ccc(-c9cccc%10sc%11ccccc%11c9%10)cc8c67)ccc5c4)=NC(c4ccc(-c5ccc6ccccc6c5)cc4)N3)ccc2c1. The highest BCUT2D eigenvalue weighted by atomic mass is 32.1. The van der Waals surface area contributed by atoms with E-state index in [1.165, 1.54) is 64.0 Å². The zero-order valence-corrected chi connectivity index (χ0v) is 37.5. The van der Waals surface area contributed by atoms with Crippen LogP contribution >= 0.6 is 11.3 Å². The predicted octanol–water partition coefficient (Wildman–Crippen LogP) is 16.9. The summed E-state index contributed by atoms with van der Waals surface area (Å²) in [6.07, 6.45) is -0.337. The van der Waals surface area contributed by atoms with Crippen LogP contribution in [0.25, 0.3) is 108 Å². The molecule has 0 amide bonds. The summed E-state index contributed by atoms with van der Waals surface area (Å²) >= 11 is 1.85. The van der Waals surface area contributed by atoms with Gasteiger partial charge in [-0.05, 0) is 126 Å². The Bertz CT molecular complexity index is 4250. The molecular formula is C63H39N3OS. The molecule has 0 fully saturated rings. The monoisotopic (exact) mass is 885 g/mol. The van der Waals surface area contributed by atoms with Crippen molar-refractivity contribution in [3.05, 3.63) is 241 Å². The van der Waals surface area contributed by atoms with Gasteiger partial charge in [-0.15, -0.1) is 11.3 Å². The maximum atomic E-state index is 6.53. The summed E-state index contributed by atoms with van der Waals surface area (Å²) in [5.74, 6) is 1.49. The second-order valence-corrected chi connectivity index (χ2v) is 18.8. The van der Waals surface area contributed by atoms with E-state index in [2.05, 4.69) is 230 Å². The smallest absolute Gasteiger partial charge is 0.159 e. The molecule has 1 aliphatic heterocycles. The van der Waals surface area contributed by atoms with Crippen LogP contribution in [0.15, 0.2) is 239 Å². The van der Waals surface area contributed by atoms with Crippen LogP contribution in [0.4, 0.5) is 0 Å². The molecule has 1 aliphatic rings. The van der Waals surface area contributed by atoms with Gasteiger partial charge in [-0.3, -0.25) is 0 Å². The highest BCUT2D eigenvalue weighted by Gasteiger charge is 2.22. The molecule has 2 aromatic heterocycles. The Labute approximate surface area is 395 Å². The second-order valence-electron chi connectivity index (χ2n) is 17.8. The summed E-state index contributed by atoms with van der Waals surface area (Å²) < 4.78 is 9.14. The third-order valence-electron chi connectivity index (χ3n) is 13.7. The van der Waals surface area contributed by atoms with Crippen molar-refractivity contribution in [1.82, 2.24) is 5.32 Å². The first-order chi connectivity index (χ1) is 33.6. The molecule has 68 heavy (non-hydrogen) atoms. The predicted molar refractivity (Wildman–Crippen MR) is 287 cm³/mol. The van der Waals surface area contributed by atoms with E-state index >= 15 is 0 Å². The molecule has 1 unspecified atom stereocenters. The third-order valence-corrected chi connectivity index (χ3v) is 14.8. The van der Waals surface area contributed by atoms with Gasteiger partial charge in [-0.2, -0.15) is 0 Å². The van der Waals surface area contributed by atoms with Crippen LogP contribution in [0.2, 0.25) is 0 Å². The fourth-order valence-corrected chi connectivity index (χ4v) is 11.4. The van der Waals surface area contributed by atoms with Crippen molar-refractivity contribution < 1.29 is 4.42 Å². The van der Waals surface area contributed by atoms with Crippen molar-refractivity contribution in [2.75, 3.05) is 0 Å². The van der Waals surface area contributed by atoms with Crippen molar-refractivity contribution in [3.63, 3.8) is 0 Å². The van der Waals surface area contributed by atoms with E-state index < -0.39 is 0 Å². The molecule has 13 aromatic rings. The van der Waals surface area contributed by atoms with Crippen molar-refractivity contribution in [1.29, 1.82) is 0 Å². The zero-order chi connectivity index (χ0) is 44.7. The number of rotatable bonds is 6. The van der Waals surface area contributed by atoms with E-state index in [4.69, 9.17) is 14.4 Å². The van der Waals surface area contributed by atoms with E-state index in [0.717, 1.165) is 66.4 Å². The standard InChI is InChI=1S/C63H39N3OS/c1-3-11-42-33-44(25-21-38(42)9-1)40-19-23-41(24-20-40)61-64-62(49-29-22-39-10-2-4-12-43(39)35-49)66-63(65-61)50-30-27-45-34-47(28-26-46(45)36-50)51-14-7-16-56-59(51)54-37-48(31-32-55(54)67-56)52-15-8-18-58-60(52)53-13-5-6-17-57(53)68-58/h1-37,61H,(H,64,65,66). The van der Waals surface area contributed by atoms with Crippen LogP contribution < -0.4 is 5.32 Å². The molecule has 1 N–H and O–H groups in total. The summed E-state index contributed by atoms with van der Waals surface area (Å²) in [7, 11) is 0. The first-order valence-corrected chi connectivity index (χ1v) is 23.9. The molecule has 14 rings (SSSR count).